The Balaban J connectivity index is 1.71. The molecule has 0 radical (unpaired) electrons. The second-order valence-electron chi connectivity index (χ2n) is 5.86. The van der Waals surface area contributed by atoms with E-state index in [0.717, 1.165) is 38.1 Å². The van der Waals surface area contributed by atoms with Gasteiger partial charge in [0.05, 0.1) is 12.6 Å². The Morgan fingerprint density at radius 2 is 2.10 bits per heavy atom. The van der Waals surface area contributed by atoms with Crippen molar-refractivity contribution in [1.29, 1.82) is 0 Å². The van der Waals surface area contributed by atoms with Gasteiger partial charge in [-0.15, -0.1) is 0 Å². The third-order valence-electron chi connectivity index (χ3n) is 3.65. The number of benzene rings is 1. The van der Waals surface area contributed by atoms with Crippen LogP contribution in [0.25, 0.3) is 0 Å². The van der Waals surface area contributed by atoms with Gasteiger partial charge in [0.15, 0.2) is 0 Å². The van der Waals surface area contributed by atoms with Gasteiger partial charge < -0.3 is 15.0 Å². The zero-order valence-corrected chi connectivity index (χ0v) is 13.0. The van der Waals surface area contributed by atoms with Crippen molar-refractivity contribution in [1.82, 2.24) is 10.2 Å². The van der Waals surface area contributed by atoms with Gasteiger partial charge in [-0.1, -0.05) is 32.0 Å². The molecule has 1 fully saturated rings. The minimum Gasteiger partial charge on any atom is -0.494 e. The molecule has 0 spiro atoms. The van der Waals surface area contributed by atoms with E-state index < -0.39 is 0 Å². The van der Waals surface area contributed by atoms with Gasteiger partial charge in [0.2, 0.25) is 5.91 Å². The van der Waals surface area contributed by atoms with E-state index in [9.17, 15) is 4.79 Å². The average Bonchev–Trinajstić information content (AvgIpc) is 2.48. The third kappa shape index (κ3) is 5.05. The van der Waals surface area contributed by atoms with Gasteiger partial charge in [0, 0.05) is 19.1 Å². The van der Waals surface area contributed by atoms with E-state index in [0.29, 0.717) is 12.6 Å². The number of carbonyl (C=O) groups is 1. The highest BCUT2D eigenvalue weighted by atomic mass is 16.5. The summed E-state index contributed by atoms with van der Waals surface area (Å²) in [7, 11) is 0. The van der Waals surface area contributed by atoms with Gasteiger partial charge >= 0.3 is 0 Å². The number of likely N-dealkylation sites (tertiary alicyclic amines) is 1. The Kier molecular flexibility index (Phi) is 6.05. The van der Waals surface area contributed by atoms with Gasteiger partial charge in [-0.3, -0.25) is 4.79 Å². The zero-order valence-electron chi connectivity index (χ0n) is 13.0. The normalized spacial score (nSPS) is 19.1. The summed E-state index contributed by atoms with van der Waals surface area (Å²) in [6.45, 7) is 6.47. The molecule has 1 amide bonds. The van der Waals surface area contributed by atoms with Crippen LogP contribution in [0.2, 0.25) is 0 Å². The number of hydrogen-bond acceptors (Lipinski definition) is 3. The first-order valence-electron chi connectivity index (χ1n) is 7.89. The summed E-state index contributed by atoms with van der Waals surface area (Å²) >= 11 is 0. The number of ether oxygens (including phenoxy) is 1. The van der Waals surface area contributed by atoms with Crippen molar-refractivity contribution in [2.75, 3.05) is 19.7 Å². The topological polar surface area (TPSA) is 41.6 Å². The molecule has 1 N–H and O–H groups in total. The lowest BCUT2D eigenvalue weighted by Gasteiger charge is -2.33. The molecule has 0 aliphatic carbocycles. The zero-order chi connectivity index (χ0) is 15.1. The predicted octanol–water partition coefficient (Wildman–Crippen LogP) is 2.44. The summed E-state index contributed by atoms with van der Waals surface area (Å²) in [4.78, 5) is 14.3. The van der Waals surface area contributed by atoms with Crippen LogP contribution in [0.3, 0.4) is 0 Å². The van der Waals surface area contributed by atoms with Crippen LogP contribution in [-0.4, -0.2) is 42.6 Å². The molecule has 1 heterocycles. The maximum atomic E-state index is 12.3. The summed E-state index contributed by atoms with van der Waals surface area (Å²) in [5, 5.41) is 3.36. The molecule has 1 saturated heterocycles. The Morgan fingerprint density at radius 1 is 1.33 bits per heavy atom. The van der Waals surface area contributed by atoms with Crippen molar-refractivity contribution in [2.24, 2.45) is 0 Å². The minimum atomic E-state index is -0.00575. The fourth-order valence-corrected chi connectivity index (χ4v) is 2.68. The van der Waals surface area contributed by atoms with Crippen LogP contribution in [-0.2, 0) is 4.79 Å². The molecular formula is C17H26N2O2. The number of nitrogens with zero attached hydrogens (tertiary/aromatic N) is 1. The van der Waals surface area contributed by atoms with Crippen molar-refractivity contribution >= 4 is 5.91 Å². The number of para-hydroxylation sites is 1. The van der Waals surface area contributed by atoms with Gasteiger partial charge in [0.1, 0.15) is 5.75 Å². The van der Waals surface area contributed by atoms with Gasteiger partial charge in [-0.05, 0) is 31.4 Å². The monoisotopic (exact) mass is 290 g/mol. The van der Waals surface area contributed by atoms with Crippen LogP contribution in [0.5, 0.6) is 5.75 Å². The average molecular weight is 290 g/mol. The highest BCUT2D eigenvalue weighted by Gasteiger charge is 2.28. The first kappa shape index (κ1) is 15.8. The largest absolute Gasteiger partial charge is 0.494 e. The highest BCUT2D eigenvalue weighted by molar-refractivity contribution is 5.82. The Labute approximate surface area is 127 Å². The number of amides is 1. The Bertz CT molecular complexity index is 434. The summed E-state index contributed by atoms with van der Waals surface area (Å²) in [6.07, 6.45) is 2.90. The van der Waals surface area contributed by atoms with Gasteiger partial charge in [-0.25, -0.2) is 0 Å². The van der Waals surface area contributed by atoms with E-state index >= 15 is 0 Å². The van der Waals surface area contributed by atoms with Crippen LogP contribution in [0.1, 0.15) is 33.1 Å². The third-order valence-corrected chi connectivity index (χ3v) is 3.65. The second-order valence-corrected chi connectivity index (χ2v) is 5.86. The SMILES string of the molecule is CC(C)NC1CCCN(CCCOc2ccccc2)C1=O. The van der Waals surface area contributed by atoms with E-state index in [4.69, 9.17) is 4.74 Å². The van der Waals surface area contributed by atoms with Crippen molar-refractivity contribution < 1.29 is 9.53 Å². The van der Waals surface area contributed by atoms with Gasteiger partial charge in [0.25, 0.3) is 0 Å². The molecule has 1 atom stereocenters. The Hall–Kier alpha value is -1.55. The van der Waals surface area contributed by atoms with Crippen LogP contribution in [0.4, 0.5) is 0 Å². The fourth-order valence-electron chi connectivity index (χ4n) is 2.68. The summed E-state index contributed by atoms with van der Waals surface area (Å²) in [6, 6.07) is 10.1. The molecule has 1 aromatic rings. The molecule has 4 heteroatoms. The first-order chi connectivity index (χ1) is 10.2. The van der Waals surface area contributed by atoms with Crippen LogP contribution >= 0.6 is 0 Å². The molecule has 116 valence electrons. The fraction of sp³-hybridized carbons (Fsp3) is 0.588. The molecular weight excluding hydrogens is 264 g/mol. The highest BCUT2D eigenvalue weighted by Crippen LogP contribution is 2.13. The first-order valence-corrected chi connectivity index (χ1v) is 7.89. The number of hydrogen-bond donors (Lipinski definition) is 1. The molecule has 1 aliphatic heterocycles. The van der Waals surface area contributed by atoms with Crippen LogP contribution < -0.4 is 10.1 Å². The van der Waals surface area contributed by atoms with E-state index in [1.807, 2.05) is 35.2 Å². The molecule has 1 aromatic carbocycles. The molecule has 21 heavy (non-hydrogen) atoms. The predicted molar refractivity (Wildman–Crippen MR) is 84.4 cm³/mol. The van der Waals surface area contributed by atoms with Crippen LogP contribution in [0.15, 0.2) is 30.3 Å². The molecule has 0 saturated carbocycles. The molecule has 0 aromatic heterocycles. The van der Waals surface area contributed by atoms with Crippen molar-refractivity contribution in [3.63, 3.8) is 0 Å². The molecule has 2 rings (SSSR count). The number of nitrogens with one attached hydrogen (secondary N) is 1. The standard InChI is InChI=1S/C17H26N2O2/c1-14(2)18-16-10-6-11-19(17(16)20)12-7-13-21-15-8-4-3-5-9-15/h3-5,8-9,14,16,18H,6-7,10-13H2,1-2H3. The van der Waals surface area contributed by atoms with Gasteiger partial charge in [-0.2, -0.15) is 0 Å². The van der Waals surface area contributed by atoms with Crippen LogP contribution in [0, 0.1) is 0 Å². The van der Waals surface area contributed by atoms with Crippen molar-refractivity contribution in [2.45, 2.75) is 45.2 Å². The lowest BCUT2D eigenvalue weighted by atomic mass is 10.0. The maximum Gasteiger partial charge on any atom is 0.239 e. The summed E-state index contributed by atoms with van der Waals surface area (Å²) < 4.78 is 5.67. The summed E-state index contributed by atoms with van der Waals surface area (Å²) in [5.74, 6) is 1.14. The van der Waals surface area contributed by atoms with E-state index in [-0.39, 0.29) is 11.9 Å². The summed E-state index contributed by atoms with van der Waals surface area (Å²) in [5.41, 5.74) is 0. The number of piperidine rings is 1. The maximum absolute atomic E-state index is 12.3. The lowest BCUT2D eigenvalue weighted by molar-refractivity contribution is -0.136. The van der Waals surface area contributed by atoms with E-state index in [1.54, 1.807) is 0 Å². The molecule has 1 unspecified atom stereocenters. The molecule has 1 aliphatic rings. The van der Waals surface area contributed by atoms with Crippen molar-refractivity contribution in [3.8, 4) is 5.75 Å². The lowest BCUT2D eigenvalue weighted by Crippen LogP contribution is -2.52. The molecule has 0 bridgehead atoms. The van der Waals surface area contributed by atoms with Crippen molar-refractivity contribution in [3.05, 3.63) is 30.3 Å². The molecule has 4 nitrogen and oxygen atoms in total. The smallest absolute Gasteiger partial charge is 0.239 e. The van der Waals surface area contributed by atoms with E-state index in [1.165, 1.54) is 0 Å². The van der Waals surface area contributed by atoms with E-state index in [2.05, 4.69) is 19.2 Å². The quantitative estimate of drug-likeness (QED) is 0.784. The Morgan fingerprint density at radius 3 is 2.81 bits per heavy atom. The minimum absolute atomic E-state index is 0.00575. The second kappa shape index (κ2) is 8.03. The number of carbonyl (C=O) groups excluding carboxylic acids is 1. The number of rotatable bonds is 7.